The van der Waals surface area contributed by atoms with Crippen molar-refractivity contribution in [2.45, 2.75) is 31.3 Å². The Kier molecular flexibility index (Phi) is 1.97. The summed E-state index contributed by atoms with van der Waals surface area (Å²) in [5.41, 5.74) is 1.45. The minimum absolute atomic E-state index is 0.0210. The highest BCUT2D eigenvalue weighted by molar-refractivity contribution is 6.28. The van der Waals surface area contributed by atoms with Crippen molar-refractivity contribution in [2.24, 2.45) is 0 Å². The maximum absolute atomic E-state index is 12.1. The van der Waals surface area contributed by atoms with Crippen LogP contribution in [0.4, 0.5) is 0 Å². The number of hydrogen-bond donors (Lipinski definition) is 1. The second kappa shape index (κ2) is 3.45. The van der Waals surface area contributed by atoms with Crippen LogP contribution in [0.5, 0.6) is 0 Å². The Hall–Kier alpha value is -1.62. The summed E-state index contributed by atoms with van der Waals surface area (Å²) in [6.45, 7) is 0. The topological polar surface area (TPSA) is 59.8 Å². The van der Waals surface area contributed by atoms with Crippen molar-refractivity contribution in [3.63, 3.8) is 0 Å². The molecule has 2 aromatic rings. The Balaban J connectivity index is 2.04. The third-order valence-electron chi connectivity index (χ3n) is 3.91. The van der Waals surface area contributed by atoms with Gasteiger partial charge in [0.2, 0.25) is 5.28 Å². The summed E-state index contributed by atoms with van der Waals surface area (Å²) in [6, 6.07) is 2.38. The summed E-state index contributed by atoms with van der Waals surface area (Å²) in [6.07, 6.45) is 4.92. The third kappa shape index (κ3) is 1.25. The summed E-state index contributed by atoms with van der Waals surface area (Å²) in [5.74, 6) is -0.0210. The monoisotopic (exact) mass is 262 g/mol. The lowest BCUT2D eigenvalue weighted by molar-refractivity contribution is 0.0891. The second-order valence-corrected chi connectivity index (χ2v) is 5.23. The normalized spacial score (nSPS) is 25.9. The van der Waals surface area contributed by atoms with E-state index in [2.05, 4.69) is 15.3 Å². The Morgan fingerprint density at radius 3 is 3.22 bits per heavy atom. The number of carbonyl (C=O) groups is 1. The van der Waals surface area contributed by atoms with Gasteiger partial charge in [0.1, 0.15) is 11.3 Å². The van der Waals surface area contributed by atoms with Crippen molar-refractivity contribution in [3.8, 4) is 0 Å². The molecule has 2 aromatic heterocycles. The first-order chi connectivity index (χ1) is 8.74. The molecule has 1 unspecified atom stereocenters. The summed E-state index contributed by atoms with van der Waals surface area (Å²) < 4.78 is 2.04. The molecule has 1 N–H and O–H groups in total. The fourth-order valence-corrected chi connectivity index (χ4v) is 3.29. The molecule has 1 saturated carbocycles. The number of amides is 1. The van der Waals surface area contributed by atoms with Gasteiger partial charge in [-0.05, 0) is 36.9 Å². The fraction of sp³-hybridized carbons (Fsp3) is 0.417. The SMILES string of the molecule is O=C1NC2CCC[C@@H]2n2c1cc1cnc(Cl)nc12. The number of carbonyl (C=O) groups excluding carboxylic acids is 1. The Morgan fingerprint density at radius 1 is 1.44 bits per heavy atom. The molecule has 92 valence electrons. The van der Waals surface area contributed by atoms with Crippen LogP contribution in [-0.4, -0.2) is 26.5 Å². The fourth-order valence-electron chi connectivity index (χ4n) is 3.16. The zero-order valence-corrected chi connectivity index (χ0v) is 10.3. The van der Waals surface area contributed by atoms with Crippen LogP contribution in [0.1, 0.15) is 35.8 Å². The minimum Gasteiger partial charge on any atom is -0.346 e. The lowest BCUT2D eigenvalue weighted by Gasteiger charge is -2.29. The molecule has 18 heavy (non-hydrogen) atoms. The number of nitrogens with one attached hydrogen (secondary N) is 1. The number of hydrogen-bond acceptors (Lipinski definition) is 3. The highest BCUT2D eigenvalue weighted by atomic mass is 35.5. The number of halogens is 1. The number of nitrogens with zero attached hydrogens (tertiary/aromatic N) is 3. The van der Waals surface area contributed by atoms with Crippen LogP contribution in [0.3, 0.4) is 0 Å². The minimum atomic E-state index is -0.0210. The van der Waals surface area contributed by atoms with E-state index in [-0.39, 0.29) is 17.2 Å². The average molecular weight is 263 g/mol. The van der Waals surface area contributed by atoms with Gasteiger partial charge in [0.25, 0.3) is 5.91 Å². The highest BCUT2D eigenvalue weighted by Crippen LogP contribution is 2.37. The molecule has 1 aliphatic carbocycles. The summed E-state index contributed by atoms with van der Waals surface area (Å²) in [4.78, 5) is 20.3. The van der Waals surface area contributed by atoms with Gasteiger partial charge in [-0.3, -0.25) is 4.79 Å². The number of rotatable bonds is 0. The van der Waals surface area contributed by atoms with E-state index >= 15 is 0 Å². The Labute approximate surface area is 108 Å². The van der Waals surface area contributed by atoms with Gasteiger partial charge in [-0.15, -0.1) is 0 Å². The summed E-state index contributed by atoms with van der Waals surface area (Å²) >= 11 is 5.86. The lowest BCUT2D eigenvalue weighted by atomic mass is 10.1. The van der Waals surface area contributed by atoms with E-state index in [0.29, 0.717) is 11.7 Å². The first kappa shape index (κ1) is 10.3. The van der Waals surface area contributed by atoms with Gasteiger partial charge in [-0.2, -0.15) is 4.98 Å². The van der Waals surface area contributed by atoms with Gasteiger partial charge in [0.15, 0.2) is 0 Å². The Bertz CT molecular complexity index is 665. The van der Waals surface area contributed by atoms with Crippen molar-refractivity contribution >= 4 is 28.5 Å². The van der Waals surface area contributed by atoms with Crippen LogP contribution in [0.25, 0.3) is 11.0 Å². The van der Waals surface area contributed by atoms with E-state index in [1.165, 1.54) is 0 Å². The summed E-state index contributed by atoms with van der Waals surface area (Å²) in [7, 11) is 0. The van der Waals surface area contributed by atoms with Crippen LogP contribution in [-0.2, 0) is 0 Å². The molecule has 1 aliphatic heterocycles. The average Bonchev–Trinajstić information content (AvgIpc) is 2.92. The molecular formula is C12H11ClN4O. The van der Waals surface area contributed by atoms with Crippen molar-refractivity contribution in [2.75, 3.05) is 0 Å². The molecule has 0 spiro atoms. The van der Waals surface area contributed by atoms with E-state index in [1.807, 2.05) is 10.6 Å². The molecule has 5 nitrogen and oxygen atoms in total. The van der Waals surface area contributed by atoms with E-state index < -0.39 is 0 Å². The van der Waals surface area contributed by atoms with Gasteiger partial charge >= 0.3 is 0 Å². The maximum atomic E-state index is 12.1. The first-order valence-corrected chi connectivity index (χ1v) is 6.46. The van der Waals surface area contributed by atoms with E-state index in [1.54, 1.807) is 6.20 Å². The largest absolute Gasteiger partial charge is 0.346 e. The first-order valence-electron chi connectivity index (χ1n) is 6.08. The Morgan fingerprint density at radius 2 is 2.33 bits per heavy atom. The molecule has 0 aromatic carbocycles. The van der Waals surface area contributed by atoms with Gasteiger partial charge in [0, 0.05) is 11.6 Å². The molecule has 1 fully saturated rings. The second-order valence-electron chi connectivity index (χ2n) is 4.90. The van der Waals surface area contributed by atoms with Crippen LogP contribution in [0, 0.1) is 0 Å². The van der Waals surface area contributed by atoms with Crippen molar-refractivity contribution in [3.05, 3.63) is 23.2 Å². The molecular weight excluding hydrogens is 252 g/mol. The standard InChI is InChI=1S/C12H11ClN4O/c13-12-14-5-6-4-9-11(18)15-7-2-1-3-8(7)17(9)10(6)16-12/h4-5,7-8H,1-3H2,(H,15,18)/t7?,8-/m0/s1. The van der Waals surface area contributed by atoms with Crippen LogP contribution < -0.4 is 5.32 Å². The maximum Gasteiger partial charge on any atom is 0.268 e. The van der Waals surface area contributed by atoms with Crippen molar-refractivity contribution in [1.82, 2.24) is 19.9 Å². The van der Waals surface area contributed by atoms with Crippen molar-refractivity contribution < 1.29 is 4.79 Å². The molecule has 0 saturated heterocycles. The van der Waals surface area contributed by atoms with E-state index in [4.69, 9.17) is 11.6 Å². The zero-order valence-electron chi connectivity index (χ0n) is 9.56. The van der Waals surface area contributed by atoms with Crippen LogP contribution in [0.2, 0.25) is 5.28 Å². The van der Waals surface area contributed by atoms with E-state index in [0.717, 1.165) is 30.3 Å². The van der Waals surface area contributed by atoms with Crippen LogP contribution >= 0.6 is 11.6 Å². The van der Waals surface area contributed by atoms with Gasteiger partial charge in [-0.25, -0.2) is 4.98 Å². The predicted octanol–water partition coefficient (Wildman–Crippen LogP) is 1.92. The zero-order chi connectivity index (χ0) is 12.3. The van der Waals surface area contributed by atoms with Gasteiger partial charge < -0.3 is 9.88 Å². The lowest BCUT2D eigenvalue weighted by Crippen LogP contribution is -2.44. The molecule has 4 rings (SSSR count). The molecule has 2 aliphatic rings. The smallest absolute Gasteiger partial charge is 0.268 e. The van der Waals surface area contributed by atoms with Crippen molar-refractivity contribution in [1.29, 1.82) is 0 Å². The van der Waals surface area contributed by atoms with E-state index in [9.17, 15) is 4.79 Å². The summed E-state index contributed by atoms with van der Waals surface area (Å²) in [5, 5.41) is 4.17. The number of fused-ring (bicyclic) bond motifs is 5. The molecule has 3 heterocycles. The highest BCUT2D eigenvalue weighted by Gasteiger charge is 2.38. The predicted molar refractivity (Wildman–Crippen MR) is 66.7 cm³/mol. The quantitative estimate of drug-likeness (QED) is 0.738. The van der Waals surface area contributed by atoms with Gasteiger partial charge in [-0.1, -0.05) is 0 Å². The van der Waals surface area contributed by atoms with Crippen LogP contribution in [0.15, 0.2) is 12.3 Å². The van der Waals surface area contributed by atoms with Gasteiger partial charge in [0.05, 0.1) is 12.1 Å². The molecule has 2 atom stereocenters. The molecule has 0 radical (unpaired) electrons. The molecule has 1 amide bonds. The number of aromatic nitrogens is 3. The molecule has 6 heteroatoms. The third-order valence-corrected chi connectivity index (χ3v) is 4.09. The molecule has 0 bridgehead atoms.